The Morgan fingerprint density at radius 3 is 2.38 bits per heavy atom. The fraction of sp³-hybridized carbons (Fsp3) is 0.600. The summed E-state index contributed by atoms with van der Waals surface area (Å²) in [5.74, 6) is 0.912. The second-order valence-electron chi connectivity index (χ2n) is 7.50. The van der Waals surface area contributed by atoms with Crippen molar-refractivity contribution in [2.24, 2.45) is 11.7 Å². The van der Waals surface area contributed by atoms with Gasteiger partial charge in [0, 0.05) is 25.6 Å². The van der Waals surface area contributed by atoms with Gasteiger partial charge in [0.2, 0.25) is 11.8 Å². The fourth-order valence-electron chi connectivity index (χ4n) is 3.96. The molecule has 1 aromatic rings. The van der Waals surface area contributed by atoms with Gasteiger partial charge in [0.25, 0.3) is 0 Å². The molecule has 3 N–H and O–H groups in total. The Labute approximate surface area is 155 Å². The predicted molar refractivity (Wildman–Crippen MR) is 99.5 cm³/mol. The van der Waals surface area contributed by atoms with E-state index in [1.165, 1.54) is 0 Å². The summed E-state index contributed by atoms with van der Waals surface area (Å²) in [6.45, 7) is 1.75. The predicted octanol–water partition coefficient (Wildman–Crippen LogP) is 1.82. The molecule has 0 atom stereocenters. The molecule has 0 unspecified atom stereocenters. The molecule has 6 nitrogen and oxygen atoms in total. The molecule has 3 rings (SSSR count). The molecule has 26 heavy (non-hydrogen) atoms. The summed E-state index contributed by atoms with van der Waals surface area (Å²) in [5, 5.41) is 3.00. The number of amides is 2. The minimum Gasteiger partial charge on any atom is -0.497 e. The number of nitrogens with zero attached hydrogens (tertiary/aromatic N) is 1. The van der Waals surface area contributed by atoms with E-state index in [2.05, 4.69) is 5.32 Å². The van der Waals surface area contributed by atoms with Gasteiger partial charge < -0.3 is 20.7 Å². The van der Waals surface area contributed by atoms with Gasteiger partial charge in [-0.1, -0.05) is 25.0 Å². The molecule has 0 bridgehead atoms. The normalized spacial score (nSPS) is 20.0. The first-order chi connectivity index (χ1) is 12.5. The molecule has 1 saturated heterocycles. The van der Waals surface area contributed by atoms with Gasteiger partial charge in [-0.3, -0.25) is 9.59 Å². The Kier molecular flexibility index (Phi) is 5.81. The summed E-state index contributed by atoms with van der Waals surface area (Å²) in [6.07, 6.45) is 5.05. The van der Waals surface area contributed by atoms with Crippen molar-refractivity contribution in [1.29, 1.82) is 0 Å². The number of benzene rings is 1. The van der Waals surface area contributed by atoms with Gasteiger partial charge >= 0.3 is 0 Å². The zero-order chi connectivity index (χ0) is 18.6. The van der Waals surface area contributed by atoms with Crippen LogP contribution in [0.1, 0.15) is 44.1 Å². The maximum atomic E-state index is 12.7. The van der Waals surface area contributed by atoms with Crippen molar-refractivity contribution in [1.82, 2.24) is 10.2 Å². The number of methoxy groups -OCH3 is 1. The van der Waals surface area contributed by atoms with E-state index in [0.717, 1.165) is 37.0 Å². The molecular formula is C20H29N3O3. The Morgan fingerprint density at radius 1 is 1.19 bits per heavy atom. The summed E-state index contributed by atoms with van der Waals surface area (Å²) >= 11 is 0. The van der Waals surface area contributed by atoms with Crippen molar-refractivity contribution in [2.75, 3.05) is 20.2 Å². The highest BCUT2D eigenvalue weighted by Gasteiger charge is 2.41. The maximum absolute atomic E-state index is 12.7. The number of nitrogens with one attached hydrogen (secondary N) is 1. The third-order valence-corrected chi connectivity index (χ3v) is 5.70. The van der Waals surface area contributed by atoms with E-state index in [0.29, 0.717) is 32.5 Å². The molecule has 0 radical (unpaired) electrons. The summed E-state index contributed by atoms with van der Waals surface area (Å²) in [4.78, 5) is 26.9. The van der Waals surface area contributed by atoms with Crippen LogP contribution in [0.25, 0.3) is 0 Å². The van der Waals surface area contributed by atoms with E-state index >= 15 is 0 Å². The Hall–Kier alpha value is -2.08. The van der Waals surface area contributed by atoms with E-state index in [-0.39, 0.29) is 17.7 Å². The average molecular weight is 359 g/mol. The van der Waals surface area contributed by atoms with Gasteiger partial charge in [0.15, 0.2) is 0 Å². The summed E-state index contributed by atoms with van der Waals surface area (Å²) < 4.78 is 5.13. The van der Waals surface area contributed by atoms with Gasteiger partial charge in [0.05, 0.1) is 12.6 Å². The largest absolute Gasteiger partial charge is 0.497 e. The Bertz CT molecular complexity index is 630. The van der Waals surface area contributed by atoms with Crippen LogP contribution in [-0.4, -0.2) is 42.5 Å². The van der Waals surface area contributed by atoms with Crippen LogP contribution in [0.2, 0.25) is 0 Å². The molecule has 1 heterocycles. The van der Waals surface area contributed by atoms with Crippen molar-refractivity contribution >= 4 is 11.8 Å². The van der Waals surface area contributed by atoms with Crippen molar-refractivity contribution < 1.29 is 14.3 Å². The van der Waals surface area contributed by atoms with Crippen LogP contribution in [0.5, 0.6) is 5.75 Å². The number of likely N-dealkylation sites (tertiary alicyclic amines) is 1. The molecular weight excluding hydrogens is 330 g/mol. The molecule has 6 heteroatoms. The quantitative estimate of drug-likeness (QED) is 0.840. The van der Waals surface area contributed by atoms with Crippen LogP contribution in [0.15, 0.2) is 24.3 Å². The fourth-order valence-corrected chi connectivity index (χ4v) is 3.96. The first-order valence-corrected chi connectivity index (χ1v) is 9.51. The standard InChI is InChI=1S/C20H29N3O3/c1-26-17-6-4-15(5-7-17)14-22-18(24)16-8-12-23(13-9-16)19(25)20(21)10-2-3-11-20/h4-7,16H,2-3,8-14,21H2,1H3,(H,22,24). The lowest BCUT2D eigenvalue weighted by Gasteiger charge is -2.36. The lowest BCUT2D eigenvalue weighted by molar-refractivity contribution is -0.140. The summed E-state index contributed by atoms with van der Waals surface area (Å²) in [6, 6.07) is 7.67. The molecule has 1 aromatic carbocycles. The van der Waals surface area contributed by atoms with Gasteiger partial charge in [-0.25, -0.2) is 0 Å². The number of hydrogen-bond acceptors (Lipinski definition) is 4. The van der Waals surface area contributed by atoms with Crippen LogP contribution in [0, 0.1) is 5.92 Å². The Morgan fingerprint density at radius 2 is 1.81 bits per heavy atom. The van der Waals surface area contributed by atoms with Crippen molar-refractivity contribution in [3.8, 4) is 5.75 Å². The molecule has 0 aromatic heterocycles. The molecule has 2 aliphatic rings. The van der Waals surface area contributed by atoms with Gasteiger partial charge in [-0.15, -0.1) is 0 Å². The lowest BCUT2D eigenvalue weighted by atomic mass is 9.92. The van der Waals surface area contributed by atoms with E-state index in [4.69, 9.17) is 10.5 Å². The van der Waals surface area contributed by atoms with Crippen molar-refractivity contribution in [3.05, 3.63) is 29.8 Å². The van der Waals surface area contributed by atoms with E-state index in [1.54, 1.807) is 7.11 Å². The maximum Gasteiger partial charge on any atom is 0.242 e. The second-order valence-corrected chi connectivity index (χ2v) is 7.50. The molecule has 2 amide bonds. The van der Waals surface area contributed by atoms with Gasteiger partial charge in [0.1, 0.15) is 5.75 Å². The molecule has 1 aliphatic carbocycles. The highest BCUT2D eigenvalue weighted by atomic mass is 16.5. The van der Waals surface area contributed by atoms with Crippen LogP contribution < -0.4 is 15.8 Å². The number of rotatable bonds is 5. The van der Waals surface area contributed by atoms with E-state index in [1.807, 2.05) is 29.2 Å². The summed E-state index contributed by atoms with van der Waals surface area (Å²) in [7, 11) is 1.63. The number of ether oxygens (including phenoxy) is 1. The van der Waals surface area contributed by atoms with E-state index < -0.39 is 5.54 Å². The van der Waals surface area contributed by atoms with Crippen LogP contribution in [0.3, 0.4) is 0 Å². The minimum atomic E-state index is -0.663. The molecule has 1 aliphatic heterocycles. The SMILES string of the molecule is COc1ccc(CNC(=O)C2CCN(C(=O)C3(N)CCCC3)CC2)cc1. The van der Waals surface area contributed by atoms with Gasteiger partial charge in [-0.05, 0) is 43.4 Å². The van der Waals surface area contributed by atoms with Crippen molar-refractivity contribution in [2.45, 2.75) is 50.6 Å². The second kappa shape index (κ2) is 8.08. The van der Waals surface area contributed by atoms with Crippen LogP contribution in [-0.2, 0) is 16.1 Å². The zero-order valence-electron chi connectivity index (χ0n) is 15.5. The zero-order valence-corrected chi connectivity index (χ0v) is 15.5. The number of hydrogen-bond donors (Lipinski definition) is 2. The van der Waals surface area contributed by atoms with Crippen LogP contribution in [0.4, 0.5) is 0 Å². The molecule has 1 saturated carbocycles. The summed E-state index contributed by atoms with van der Waals surface area (Å²) in [5.41, 5.74) is 6.66. The first-order valence-electron chi connectivity index (χ1n) is 9.51. The number of carbonyl (C=O) groups is 2. The Balaban J connectivity index is 1.45. The highest BCUT2D eigenvalue weighted by Crippen LogP contribution is 2.30. The monoisotopic (exact) mass is 359 g/mol. The number of carbonyl (C=O) groups excluding carboxylic acids is 2. The number of nitrogens with two attached hydrogens (primary N) is 1. The smallest absolute Gasteiger partial charge is 0.242 e. The molecule has 0 spiro atoms. The third kappa shape index (κ3) is 4.18. The number of piperidine rings is 1. The average Bonchev–Trinajstić information content (AvgIpc) is 3.14. The lowest BCUT2D eigenvalue weighted by Crippen LogP contribution is -2.55. The highest BCUT2D eigenvalue weighted by molar-refractivity contribution is 5.87. The van der Waals surface area contributed by atoms with Crippen molar-refractivity contribution in [3.63, 3.8) is 0 Å². The first kappa shape index (κ1) is 18.7. The molecule has 142 valence electrons. The topological polar surface area (TPSA) is 84.7 Å². The molecule has 2 fully saturated rings. The van der Waals surface area contributed by atoms with E-state index in [9.17, 15) is 9.59 Å². The third-order valence-electron chi connectivity index (χ3n) is 5.70. The minimum absolute atomic E-state index is 0.0328. The van der Waals surface area contributed by atoms with Crippen LogP contribution >= 0.6 is 0 Å². The van der Waals surface area contributed by atoms with Gasteiger partial charge in [-0.2, -0.15) is 0 Å².